The third-order valence-corrected chi connectivity index (χ3v) is 3.06. The van der Waals surface area contributed by atoms with Crippen molar-refractivity contribution in [3.63, 3.8) is 0 Å². The van der Waals surface area contributed by atoms with Crippen molar-refractivity contribution in [2.45, 2.75) is 0 Å². The second-order valence-electron chi connectivity index (χ2n) is 4.11. The first-order valence-corrected chi connectivity index (χ1v) is 6.23. The highest BCUT2D eigenvalue weighted by Gasteiger charge is 2.10. The van der Waals surface area contributed by atoms with Gasteiger partial charge in [-0.1, -0.05) is 17.7 Å². The average Bonchev–Trinajstić information content (AvgIpc) is 2.45. The van der Waals surface area contributed by atoms with Gasteiger partial charge in [-0.05, 0) is 30.3 Å². The van der Waals surface area contributed by atoms with Gasteiger partial charge in [0.25, 0.3) is 5.91 Å². The largest absolute Gasteiger partial charge is 0.397 e. The molecule has 0 saturated carbocycles. The Balaban J connectivity index is 2.38. The maximum atomic E-state index is 13.8. The molecule has 0 fully saturated rings. The Labute approximate surface area is 120 Å². The van der Waals surface area contributed by atoms with Gasteiger partial charge in [-0.15, -0.1) is 0 Å². The lowest BCUT2D eigenvalue weighted by atomic mass is 10.1. The van der Waals surface area contributed by atoms with E-state index in [4.69, 9.17) is 17.3 Å². The standard InChI is InChI=1S/C14H13ClFN3O/c1-18-14(20)8-5-6-10(17)12(7-8)19-11-4-2-3-9(15)13(11)16/h2-7,19H,17H2,1H3,(H,18,20). The molecule has 104 valence electrons. The molecule has 20 heavy (non-hydrogen) atoms. The molecule has 2 rings (SSSR count). The summed E-state index contributed by atoms with van der Waals surface area (Å²) in [5.74, 6) is -0.821. The molecule has 0 radical (unpaired) electrons. The summed E-state index contributed by atoms with van der Waals surface area (Å²) < 4.78 is 13.8. The summed E-state index contributed by atoms with van der Waals surface area (Å²) in [5, 5.41) is 5.36. The smallest absolute Gasteiger partial charge is 0.251 e. The zero-order valence-corrected chi connectivity index (χ0v) is 11.5. The molecule has 0 aliphatic rings. The fourth-order valence-corrected chi connectivity index (χ4v) is 1.87. The van der Waals surface area contributed by atoms with Gasteiger partial charge in [0.15, 0.2) is 5.82 Å². The summed E-state index contributed by atoms with van der Waals surface area (Å²) in [7, 11) is 1.53. The van der Waals surface area contributed by atoms with E-state index in [0.29, 0.717) is 16.9 Å². The molecule has 0 spiro atoms. The van der Waals surface area contributed by atoms with Crippen molar-refractivity contribution in [3.05, 3.63) is 52.8 Å². The van der Waals surface area contributed by atoms with Crippen LogP contribution in [0.1, 0.15) is 10.4 Å². The molecule has 2 aromatic rings. The molecule has 6 heteroatoms. The number of benzene rings is 2. The number of nitrogen functional groups attached to an aromatic ring is 1. The van der Waals surface area contributed by atoms with Crippen molar-refractivity contribution in [2.24, 2.45) is 0 Å². The van der Waals surface area contributed by atoms with Gasteiger partial charge in [0.2, 0.25) is 0 Å². The number of halogens is 2. The lowest BCUT2D eigenvalue weighted by molar-refractivity contribution is 0.0963. The zero-order chi connectivity index (χ0) is 14.7. The van der Waals surface area contributed by atoms with E-state index in [1.165, 1.54) is 19.2 Å². The molecular formula is C14H13ClFN3O. The second kappa shape index (κ2) is 5.79. The van der Waals surface area contributed by atoms with Crippen molar-refractivity contribution in [1.82, 2.24) is 5.32 Å². The van der Waals surface area contributed by atoms with Gasteiger partial charge >= 0.3 is 0 Å². The molecule has 0 aliphatic heterocycles. The van der Waals surface area contributed by atoms with Crippen LogP contribution in [0.2, 0.25) is 5.02 Å². The minimum atomic E-state index is -0.570. The third kappa shape index (κ3) is 2.83. The van der Waals surface area contributed by atoms with E-state index >= 15 is 0 Å². The molecular weight excluding hydrogens is 281 g/mol. The molecule has 0 aliphatic carbocycles. The number of carbonyl (C=O) groups excluding carboxylic acids is 1. The normalized spacial score (nSPS) is 10.2. The van der Waals surface area contributed by atoms with Gasteiger partial charge in [-0.3, -0.25) is 4.79 Å². The predicted octanol–water partition coefficient (Wildman–Crippen LogP) is 3.16. The monoisotopic (exact) mass is 293 g/mol. The van der Waals surface area contributed by atoms with Crippen LogP contribution >= 0.6 is 11.6 Å². The molecule has 0 heterocycles. The van der Waals surface area contributed by atoms with Crippen LogP contribution in [0, 0.1) is 5.82 Å². The maximum absolute atomic E-state index is 13.8. The molecule has 4 N–H and O–H groups in total. The van der Waals surface area contributed by atoms with Gasteiger partial charge < -0.3 is 16.4 Å². The number of nitrogens with one attached hydrogen (secondary N) is 2. The summed E-state index contributed by atoms with van der Waals surface area (Å²) in [5.41, 5.74) is 7.27. The number of hydrogen-bond acceptors (Lipinski definition) is 3. The summed E-state index contributed by atoms with van der Waals surface area (Å²) in [6, 6.07) is 9.32. The first-order chi connectivity index (χ1) is 9.52. The number of rotatable bonds is 3. The minimum Gasteiger partial charge on any atom is -0.397 e. The number of hydrogen-bond donors (Lipinski definition) is 3. The highest BCUT2D eigenvalue weighted by atomic mass is 35.5. The summed E-state index contributed by atoms with van der Waals surface area (Å²) in [4.78, 5) is 11.6. The highest BCUT2D eigenvalue weighted by Crippen LogP contribution is 2.28. The van der Waals surface area contributed by atoms with E-state index in [0.717, 1.165) is 0 Å². The Morgan fingerprint density at radius 1 is 1.25 bits per heavy atom. The van der Waals surface area contributed by atoms with Crippen LogP contribution in [0.15, 0.2) is 36.4 Å². The number of nitrogens with two attached hydrogens (primary N) is 1. The van der Waals surface area contributed by atoms with Crippen LogP contribution in [0.5, 0.6) is 0 Å². The SMILES string of the molecule is CNC(=O)c1ccc(N)c(Nc2cccc(Cl)c2F)c1. The van der Waals surface area contributed by atoms with Crippen LogP contribution in [-0.4, -0.2) is 13.0 Å². The van der Waals surface area contributed by atoms with Crippen molar-refractivity contribution < 1.29 is 9.18 Å². The Bertz CT molecular complexity index is 661. The summed E-state index contributed by atoms with van der Waals surface area (Å²) in [6.45, 7) is 0. The lowest BCUT2D eigenvalue weighted by Crippen LogP contribution is -2.18. The fourth-order valence-electron chi connectivity index (χ4n) is 1.70. The Hall–Kier alpha value is -2.27. The van der Waals surface area contributed by atoms with Crippen LogP contribution < -0.4 is 16.4 Å². The Morgan fingerprint density at radius 2 is 2.00 bits per heavy atom. The van der Waals surface area contributed by atoms with E-state index in [9.17, 15) is 9.18 Å². The van der Waals surface area contributed by atoms with E-state index in [2.05, 4.69) is 10.6 Å². The topological polar surface area (TPSA) is 67.2 Å². The summed E-state index contributed by atoms with van der Waals surface area (Å²) in [6.07, 6.45) is 0. The van der Waals surface area contributed by atoms with Crippen LogP contribution in [0.25, 0.3) is 0 Å². The van der Waals surface area contributed by atoms with Crippen LogP contribution in [0.4, 0.5) is 21.5 Å². The minimum absolute atomic E-state index is 0.0102. The van der Waals surface area contributed by atoms with Gasteiger partial charge in [0.05, 0.1) is 22.1 Å². The van der Waals surface area contributed by atoms with Crippen LogP contribution in [0.3, 0.4) is 0 Å². The van der Waals surface area contributed by atoms with Crippen molar-refractivity contribution in [2.75, 3.05) is 18.1 Å². The highest BCUT2D eigenvalue weighted by molar-refractivity contribution is 6.31. The van der Waals surface area contributed by atoms with Gasteiger partial charge in [0.1, 0.15) is 0 Å². The number of amides is 1. The maximum Gasteiger partial charge on any atom is 0.251 e. The molecule has 4 nitrogen and oxygen atoms in total. The second-order valence-corrected chi connectivity index (χ2v) is 4.51. The Kier molecular flexibility index (Phi) is 4.10. The quantitative estimate of drug-likeness (QED) is 0.762. The van der Waals surface area contributed by atoms with Gasteiger partial charge in [-0.2, -0.15) is 0 Å². The molecule has 1 amide bonds. The third-order valence-electron chi connectivity index (χ3n) is 2.76. The molecule has 0 bridgehead atoms. The van der Waals surface area contributed by atoms with E-state index in [1.807, 2.05) is 0 Å². The van der Waals surface area contributed by atoms with Gasteiger partial charge in [0, 0.05) is 12.6 Å². The van der Waals surface area contributed by atoms with E-state index in [-0.39, 0.29) is 16.6 Å². The average molecular weight is 294 g/mol. The van der Waals surface area contributed by atoms with Crippen LogP contribution in [-0.2, 0) is 0 Å². The van der Waals surface area contributed by atoms with Gasteiger partial charge in [-0.25, -0.2) is 4.39 Å². The Morgan fingerprint density at radius 3 is 2.70 bits per heavy atom. The van der Waals surface area contributed by atoms with E-state index < -0.39 is 5.82 Å². The zero-order valence-electron chi connectivity index (χ0n) is 10.7. The fraction of sp³-hybridized carbons (Fsp3) is 0.0714. The number of anilines is 3. The number of carbonyl (C=O) groups is 1. The summed E-state index contributed by atoms with van der Waals surface area (Å²) >= 11 is 5.71. The molecule has 0 saturated heterocycles. The molecule has 0 aromatic heterocycles. The van der Waals surface area contributed by atoms with Crippen molar-refractivity contribution in [1.29, 1.82) is 0 Å². The molecule has 2 aromatic carbocycles. The first kappa shape index (κ1) is 14.1. The first-order valence-electron chi connectivity index (χ1n) is 5.85. The lowest BCUT2D eigenvalue weighted by Gasteiger charge is -2.12. The van der Waals surface area contributed by atoms with Crippen molar-refractivity contribution >= 4 is 34.6 Å². The van der Waals surface area contributed by atoms with Crippen molar-refractivity contribution in [3.8, 4) is 0 Å². The molecule has 0 atom stereocenters. The molecule has 0 unspecified atom stereocenters. The predicted molar refractivity (Wildman–Crippen MR) is 78.9 cm³/mol. The van der Waals surface area contributed by atoms with E-state index in [1.54, 1.807) is 24.3 Å².